The Bertz CT molecular complexity index is 719. The SMILES string of the molecule is C[C@H]1CC(C)(C)C[C@@]2(C1)NC(=O)N(CC(=O)NCc1ccncc1)C2=O. The van der Waals surface area contributed by atoms with Gasteiger partial charge in [-0.3, -0.25) is 19.5 Å². The number of amides is 4. The molecular formula is C19H26N4O3. The van der Waals surface area contributed by atoms with E-state index in [-0.39, 0.29) is 23.8 Å². The maximum absolute atomic E-state index is 13.0. The quantitative estimate of drug-likeness (QED) is 0.804. The first kappa shape index (κ1) is 18.4. The summed E-state index contributed by atoms with van der Waals surface area (Å²) in [6.45, 7) is 6.42. The molecule has 2 heterocycles. The average Bonchev–Trinajstić information content (AvgIpc) is 2.75. The molecule has 0 aromatic carbocycles. The second-order valence-corrected chi connectivity index (χ2v) is 8.39. The van der Waals surface area contributed by atoms with E-state index in [0.29, 0.717) is 25.3 Å². The highest BCUT2D eigenvalue weighted by atomic mass is 16.2. The van der Waals surface area contributed by atoms with Crippen LogP contribution in [0.4, 0.5) is 4.79 Å². The van der Waals surface area contributed by atoms with Crippen molar-refractivity contribution in [2.75, 3.05) is 6.54 Å². The molecule has 0 unspecified atom stereocenters. The van der Waals surface area contributed by atoms with Crippen LogP contribution in [-0.2, 0) is 16.1 Å². The van der Waals surface area contributed by atoms with E-state index in [2.05, 4.69) is 36.4 Å². The van der Waals surface area contributed by atoms with Crippen LogP contribution in [0.2, 0.25) is 0 Å². The average molecular weight is 358 g/mol. The Balaban J connectivity index is 1.65. The lowest BCUT2D eigenvalue weighted by Crippen LogP contribution is -2.54. The van der Waals surface area contributed by atoms with Crippen molar-refractivity contribution in [1.29, 1.82) is 0 Å². The molecule has 1 aliphatic carbocycles. The minimum Gasteiger partial charge on any atom is -0.350 e. The second kappa shape index (κ2) is 6.70. The number of nitrogens with one attached hydrogen (secondary N) is 2. The highest BCUT2D eigenvalue weighted by Gasteiger charge is 2.56. The van der Waals surface area contributed by atoms with E-state index < -0.39 is 11.6 Å². The molecule has 2 atom stereocenters. The van der Waals surface area contributed by atoms with Crippen LogP contribution in [0.3, 0.4) is 0 Å². The van der Waals surface area contributed by atoms with Gasteiger partial charge < -0.3 is 10.6 Å². The van der Waals surface area contributed by atoms with Crippen LogP contribution in [0, 0.1) is 11.3 Å². The molecule has 1 aromatic rings. The van der Waals surface area contributed by atoms with Crippen LogP contribution >= 0.6 is 0 Å². The molecule has 3 rings (SSSR count). The van der Waals surface area contributed by atoms with Crippen LogP contribution in [0.25, 0.3) is 0 Å². The normalized spacial score (nSPS) is 27.5. The molecular weight excluding hydrogens is 332 g/mol. The van der Waals surface area contributed by atoms with Crippen LogP contribution in [0.1, 0.15) is 45.6 Å². The number of carbonyl (C=O) groups excluding carboxylic acids is 3. The summed E-state index contributed by atoms with van der Waals surface area (Å²) >= 11 is 0. The Morgan fingerprint density at radius 3 is 2.65 bits per heavy atom. The monoisotopic (exact) mass is 358 g/mol. The Kier molecular flexibility index (Phi) is 4.73. The summed E-state index contributed by atoms with van der Waals surface area (Å²) in [5.74, 6) is -0.296. The number of nitrogens with zero attached hydrogens (tertiary/aromatic N) is 2. The number of hydrogen-bond acceptors (Lipinski definition) is 4. The molecule has 7 nitrogen and oxygen atoms in total. The number of rotatable bonds is 4. The maximum Gasteiger partial charge on any atom is 0.325 e. The highest BCUT2D eigenvalue weighted by Crippen LogP contribution is 2.46. The first-order valence-electron chi connectivity index (χ1n) is 9.00. The van der Waals surface area contributed by atoms with Crippen LogP contribution < -0.4 is 10.6 Å². The lowest BCUT2D eigenvalue weighted by Gasteiger charge is -2.43. The van der Waals surface area contributed by atoms with Gasteiger partial charge in [-0.05, 0) is 48.3 Å². The Morgan fingerprint density at radius 2 is 2.00 bits per heavy atom. The molecule has 1 aliphatic heterocycles. The predicted molar refractivity (Wildman–Crippen MR) is 95.9 cm³/mol. The van der Waals surface area contributed by atoms with Crippen molar-refractivity contribution < 1.29 is 14.4 Å². The van der Waals surface area contributed by atoms with Crippen molar-refractivity contribution in [3.8, 4) is 0 Å². The van der Waals surface area contributed by atoms with Crippen LogP contribution in [0.15, 0.2) is 24.5 Å². The minimum absolute atomic E-state index is 0.0276. The molecule has 1 aromatic heterocycles. The number of aromatic nitrogens is 1. The first-order valence-corrected chi connectivity index (χ1v) is 9.00. The Morgan fingerprint density at radius 1 is 1.31 bits per heavy atom. The Labute approximate surface area is 153 Å². The lowest BCUT2D eigenvalue weighted by molar-refractivity contribution is -0.137. The summed E-state index contributed by atoms with van der Waals surface area (Å²) in [7, 11) is 0. The summed E-state index contributed by atoms with van der Waals surface area (Å²) in [5, 5.41) is 5.63. The molecule has 140 valence electrons. The zero-order valence-electron chi connectivity index (χ0n) is 15.5. The topological polar surface area (TPSA) is 91.4 Å². The van der Waals surface area contributed by atoms with Gasteiger partial charge in [-0.15, -0.1) is 0 Å². The van der Waals surface area contributed by atoms with E-state index in [0.717, 1.165) is 16.9 Å². The zero-order chi connectivity index (χ0) is 18.9. The van der Waals surface area contributed by atoms with Crippen molar-refractivity contribution in [1.82, 2.24) is 20.5 Å². The fourth-order valence-electron chi connectivity index (χ4n) is 4.55. The van der Waals surface area contributed by atoms with E-state index in [1.807, 2.05) is 0 Å². The van der Waals surface area contributed by atoms with Crippen molar-refractivity contribution >= 4 is 17.8 Å². The van der Waals surface area contributed by atoms with Gasteiger partial charge in [0.15, 0.2) is 0 Å². The fourth-order valence-corrected chi connectivity index (χ4v) is 4.55. The predicted octanol–water partition coefficient (Wildman–Crippen LogP) is 1.83. The van der Waals surface area contributed by atoms with Crippen molar-refractivity contribution in [2.45, 2.75) is 52.1 Å². The molecule has 2 N–H and O–H groups in total. The molecule has 1 saturated carbocycles. The lowest BCUT2D eigenvalue weighted by atomic mass is 9.64. The Hall–Kier alpha value is -2.44. The van der Waals surface area contributed by atoms with Crippen molar-refractivity contribution in [3.05, 3.63) is 30.1 Å². The van der Waals surface area contributed by atoms with E-state index in [1.165, 1.54) is 0 Å². The molecule has 2 aliphatic rings. The molecule has 26 heavy (non-hydrogen) atoms. The highest BCUT2D eigenvalue weighted by molar-refractivity contribution is 6.09. The van der Waals surface area contributed by atoms with Gasteiger partial charge in [0.2, 0.25) is 5.91 Å². The third-order valence-electron chi connectivity index (χ3n) is 5.16. The van der Waals surface area contributed by atoms with Gasteiger partial charge in [0.05, 0.1) is 0 Å². The van der Waals surface area contributed by atoms with Gasteiger partial charge in [-0.2, -0.15) is 0 Å². The summed E-state index contributed by atoms with van der Waals surface area (Å²) in [5.41, 5.74) is 0.00833. The molecule has 0 radical (unpaired) electrons. The maximum atomic E-state index is 13.0. The van der Waals surface area contributed by atoms with Crippen molar-refractivity contribution in [3.63, 3.8) is 0 Å². The number of carbonyl (C=O) groups is 3. The molecule has 1 saturated heterocycles. The molecule has 7 heteroatoms. The number of urea groups is 1. The largest absolute Gasteiger partial charge is 0.350 e. The van der Waals surface area contributed by atoms with Crippen LogP contribution in [-0.4, -0.2) is 39.8 Å². The van der Waals surface area contributed by atoms with Gasteiger partial charge in [0, 0.05) is 18.9 Å². The third-order valence-corrected chi connectivity index (χ3v) is 5.16. The summed E-state index contributed by atoms with van der Waals surface area (Å²) < 4.78 is 0. The summed E-state index contributed by atoms with van der Waals surface area (Å²) in [6.07, 6.45) is 5.54. The van der Waals surface area contributed by atoms with Gasteiger partial charge in [0.25, 0.3) is 5.91 Å². The van der Waals surface area contributed by atoms with Crippen molar-refractivity contribution in [2.24, 2.45) is 11.3 Å². The smallest absolute Gasteiger partial charge is 0.325 e. The van der Waals surface area contributed by atoms with E-state index in [1.54, 1.807) is 24.5 Å². The summed E-state index contributed by atoms with van der Waals surface area (Å²) in [6, 6.07) is 3.13. The molecule has 2 fully saturated rings. The third kappa shape index (κ3) is 3.71. The van der Waals surface area contributed by atoms with E-state index >= 15 is 0 Å². The van der Waals surface area contributed by atoms with E-state index in [4.69, 9.17) is 0 Å². The number of pyridine rings is 1. The molecule has 0 bridgehead atoms. The van der Waals surface area contributed by atoms with Gasteiger partial charge >= 0.3 is 6.03 Å². The zero-order valence-corrected chi connectivity index (χ0v) is 15.5. The fraction of sp³-hybridized carbons (Fsp3) is 0.579. The van der Waals surface area contributed by atoms with Crippen LogP contribution in [0.5, 0.6) is 0 Å². The van der Waals surface area contributed by atoms with Gasteiger partial charge in [0.1, 0.15) is 12.1 Å². The van der Waals surface area contributed by atoms with E-state index in [9.17, 15) is 14.4 Å². The molecule has 4 amide bonds. The minimum atomic E-state index is -0.871. The second-order valence-electron chi connectivity index (χ2n) is 8.39. The number of hydrogen-bond donors (Lipinski definition) is 2. The van der Waals surface area contributed by atoms with Gasteiger partial charge in [-0.1, -0.05) is 20.8 Å². The summed E-state index contributed by atoms with van der Waals surface area (Å²) in [4.78, 5) is 42.6. The molecule has 1 spiro atoms. The number of imide groups is 1. The first-order chi connectivity index (χ1) is 12.2. The van der Waals surface area contributed by atoms with Gasteiger partial charge in [-0.25, -0.2) is 4.79 Å². The standard InChI is InChI=1S/C19H26N4O3/c1-13-8-18(2,3)12-19(9-13)16(25)23(17(26)22-19)11-15(24)21-10-14-4-6-20-7-5-14/h4-7,13H,8-12H2,1-3H3,(H,21,24)(H,22,26)/t13-,19+/m0/s1.